The third-order valence-electron chi connectivity index (χ3n) is 3.17. The Morgan fingerprint density at radius 2 is 2.30 bits per heavy atom. The van der Waals surface area contributed by atoms with Crippen LogP contribution in [0.3, 0.4) is 0 Å². The van der Waals surface area contributed by atoms with Crippen molar-refractivity contribution in [2.45, 2.75) is 6.54 Å². The Morgan fingerprint density at radius 3 is 3.05 bits per heavy atom. The third kappa shape index (κ3) is 2.25. The molecular weight excluding hydrogens is 272 g/mol. The lowest BCUT2D eigenvalue weighted by molar-refractivity contribution is 0.0952. The van der Waals surface area contributed by atoms with Gasteiger partial charge in [-0.15, -0.1) is 11.3 Å². The molecule has 0 saturated heterocycles. The second-order valence-electron chi connectivity index (χ2n) is 4.52. The monoisotopic (exact) mass is 286 g/mol. The lowest BCUT2D eigenvalue weighted by atomic mass is 10.1. The van der Waals surface area contributed by atoms with E-state index in [2.05, 4.69) is 10.3 Å². The minimum absolute atomic E-state index is 0.103. The molecule has 5 nitrogen and oxygen atoms in total. The van der Waals surface area contributed by atoms with Gasteiger partial charge in [-0.05, 0) is 18.2 Å². The van der Waals surface area contributed by atoms with Gasteiger partial charge in [-0.1, -0.05) is 6.07 Å². The minimum atomic E-state index is -0.103. The van der Waals surface area contributed by atoms with Gasteiger partial charge < -0.3 is 15.6 Å². The first-order valence-corrected chi connectivity index (χ1v) is 7.05. The number of fused-ring (bicyclic) bond motifs is 1. The Morgan fingerprint density at radius 1 is 1.45 bits per heavy atom. The minimum Gasteiger partial charge on any atom is -0.375 e. The summed E-state index contributed by atoms with van der Waals surface area (Å²) in [6.07, 6.45) is 1.95. The van der Waals surface area contributed by atoms with E-state index in [4.69, 9.17) is 5.73 Å². The molecule has 6 heteroatoms. The highest BCUT2D eigenvalue weighted by Gasteiger charge is 2.11. The van der Waals surface area contributed by atoms with Gasteiger partial charge in [0.15, 0.2) is 5.13 Å². The van der Waals surface area contributed by atoms with E-state index in [0.29, 0.717) is 17.2 Å². The van der Waals surface area contributed by atoms with Gasteiger partial charge in [-0.25, -0.2) is 4.98 Å². The Balaban J connectivity index is 1.82. The average molecular weight is 286 g/mol. The number of rotatable bonds is 3. The maximum atomic E-state index is 12.3. The number of anilines is 1. The Kier molecular flexibility index (Phi) is 3.15. The standard InChI is InChI=1S/C14H14N4OS/c1-18-6-5-10-11(3-2-4-12(10)18)13(19)16-7-9-8-20-14(15)17-9/h2-6,8H,7H2,1H3,(H2,15,17)(H,16,19). The molecular formula is C14H14N4OS. The summed E-state index contributed by atoms with van der Waals surface area (Å²) in [5, 5.41) is 6.18. The van der Waals surface area contributed by atoms with E-state index in [9.17, 15) is 4.79 Å². The molecule has 0 fully saturated rings. The predicted molar refractivity (Wildman–Crippen MR) is 80.6 cm³/mol. The summed E-state index contributed by atoms with van der Waals surface area (Å²) < 4.78 is 1.99. The smallest absolute Gasteiger partial charge is 0.252 e. The summed E-state index contributed by atoms with van der Waals surface area (Å²) >= 11 is 1.37. The fourth-order valence-electron chi connectivity index (χ4n) is 2.17. The second kappa shape index (κ2) is 4.97. The van der Waals surface area contributed by atoms with Gasteiger partial charge in [0.2, 0.25) is 0 Å². The molecule has 0 atom stereocenters. The van der Waals surface area contributed by atoms with Crippen LogP contribution >= 0.6 is 11.3 Å². The number of carbonyl (C=O) groups excluding carboxylic acids is 1. The number of nitrogens with one attached hydrogen (secondary N) is 1. The number of hydrogen-bond acceptors (Lipinski definition) is 4. The molecule has 0 bridgehead atoms. The van der Waals surface area contributed by atoms with E-state index in [1.54, 1.807) is 0 Å². The summed E-state index contributed by atoms with van der Waals surface area (Å²) in [6.45, 7) is 0.385. The second-order valence-corrected chi connectivity index (χ2v) is 5.41. The summed E-state index contributed by atoms with van der Waals surface area (Å²) in [6, 6.07) is 7.66. The Hall–Kier alpha value is -2.34. The zero-order chi connectivity index (χ0) is 14.1. The first kappa shape index (κ1) is 12.7. The number of benzene rings is 1. The van der Waals surface area contributed by atoms with E-state index in [0.717, 1.165) is 16.6 Å². The van der Waals surface area contributed by atoms with Gasteiger partial charge in [-0.2, -0.15) is 0 Å². The Bertz CT molecular complexity index is 774. The number of hydrogen-bond donors (Lipinski definition) is 2. The normalized spacial score (nSPS) is 10.8. The van der Waals surface area contributed by atoms with Gasteiger partial charge in [0.05, 0.1) is 12.2 Å². The highest BCUT2D eigenvalue weighted by molar-refractivity contribution is 7.13. The van der Waals surface area contributed by atoms with E-state index in [-0.39, 0.29) is 5.91 Å². The number of amides is 1. The number of carbonyl (C=O) groups is 1. The SMILES string of the molecule is Cn1ccc2c(C(=O)NCc3csc(N)n3)cccc21. The van der Waals surface area contributed by atoms with Crippen molar-refractivity contribution in [2.75, 3.05) is 5.73 Å². The molecule has 2 aromatic heterocycles. The van der Waals surface area contributed by atoms with Crippen LogP contribution in [-0.2, 0) is 13.6 Å². The molecule has 0 saturated carbocycles. The van der Waals surface area contributed by atoms with Crippen LogP contribution < -0.4 is 11.1 Å². The van der Waals surface area contributed by atoms with Crippen LogP contribution in [0.2, 0.25) is 0 Å². The quantitative estimate of drug-likeness (QED) is 0.775. The average Bonchev–Trinajstić information content (AvgIpc) is 3.03. The van der Waals surface area contributed by atoms with Crippen molar-refractivity contribution in [2.24, 2.45) is 7.05 Å². The maximum absolute atomic E-state index is 12.3. The number of aryl methyl sites for hydroxylation is 1. The van der Waals surface area contributed by atoms with Crippen LogP contribution in [0.1, 0.15) is 16.1 Å². The van der Waals surface area contributed by atoms with Crippen molar-refractivity contribution in [3.05, 3.63) is 47.1 Å². The predicted octanol–water partition coefficient (Wildman–Crippen LogP) is 2.15. The summed E-state index contributed by atoms with van der Waals surface area (Å²) in [5.74, 6) is -0.103. The van der Waals surface area contributed by atoms with Crippen LogP contribution in [0.25, 0.3) is 10.9 Å². The van der Waals surface area contributed by atoms with Gasteiger partial charge in [-0.3, -0.25) is 4.79 Å². The topological polar surface area (TPSA) is 72.9 Å². The summed E-state index contributed by atoms with van der Waals surface area (Å²) in [5.41, 5.74) is 8.05. The molecule has 0 aliphatic rings. The lowest BCUT2D eigenvalue weighted by Gasteiger charge is -2.05. The molecule has 0 aliphatic heterocycles. The van der Waals surface area contributed by atoms with Gasteiger partial charge in [0.25, 0.3) is 5.91 Å². The van der Waals surface area contributed by atoms with Crippen LogP contribution in [0.15, 0.2) is 35.8 Å². The van der Waals surface area contributed by atoms with Crippen molar-refractivity contribution in [1.82, 2.24) is 14.9 Å². The van der Waals surface area contributed by atoms with E-state index in [1.807, 2.05) is 47.5 Å². The molecule has 1 amide bonds. The first-order chi connectivity index (χ1) is 9.65. The number of nitrogens with two attached hydrogens (primary N) is 1. The summed E-state index contributed by atoms with van der Waals surface area (Å²) in [7, 11) is 1.96. The largest absolute Gasteiger partial charge is 0.375 e. The van der Waals surface area contributed by atoms with Crippen molar-refractivity contribution in [1.29, 1.82) is 0 Å². The first-order valence-electron chi connectivity index (χ1n) is 6.17. The molecule has 0 radical (unpaired) electrons. The zero-order valence-electron chi connectivity index (χ0n) is 11.0. The molecule has 0 spiro atoms. The fraction of sp³-hybridized carbons (Fsp3) is 0.143. The molecule has 3 N–H and O–H groups in total. The van der Waals surface area contributed by atoms with E-state index in [1.165, 1.54) is 11.3 Å². The summed E-state index contributed by atoms with van der Waals surface area (Å²) in [4.78, 5) is 16.4. The van der Waals surface area contributed by atoms with Gasteiger partial charge in [0.1, 0.15) is 0 Å². The number of thiazole rings is 1. The molecule has 0 aliphatic carbocycles. The van der Waals surface area contributed by atoms with Crippen molar-refractivity contribution in [3.8, 4) is 0 Å². The fourth-order valence-corrected chi connectivity index (χ4v) is 2.73. The molecule has 20 heavy (non-hydrogen) atoms. The van der Waals surface area contributed by atoms with Crippen LogP contribution in [0.4, 0.5) is 5.13 Å². The van der Waals surface area contributed by atoms with E-state index < -0.39 is 0 Å². The van der Waals surface area contributed by atoms with Gasteiger partial charge >= 0.3 is 0 Å². The van der Waals surface area contributed by atoms with E-state index >= 15 is 0 Å². The highest BCUT2D eigenvalue weighted by atomic mass is 32.1. The maximum Gasteiger partial charge on any atom is 0.252 e. The van der Waals surface area contributed by atoms with Crippen molar-refractivity contribution in [3.63, 3.8) is 0 Å². The van der Waals surface area contributed by atoms with Gasteiger partial charge in [0, 0.05) is 35.1 Å². The van der Waals surface area contributed by atoms with Crippen LogP contribution in [0.5, 0.6) is 0 Å². The molecule has 2 heterocycles. The third-order valence-corrected chi connectivity index (χ3v) is 3.89. The number of nitrogens with zero attached hydrogens (tertiary/aromatic N) is 2. The lowest BCUT2D eigenvalue weighted by Crippen LogP contribution is -2.23. The number of aromatic nitrogens is 2. The van der Waals surface area contributed by atoms with Crippen molar-refractivity contribution < 1.29 is 4.79 Å². The highest BCUT2D eigenvalue weighted by Crippen LogP contribution is 2.19. The van der Waals surface area contributed by atoms with Crippen molar-refractivity contribution >= 4 is 33.3 Å². The molecule has 3 aromatic rings. The van der Waals surface area contributed by atoms with Crippen LogP contribution in [0, 0.1) is 0 Å². The van der Waals surface area contributed by atoms with Crippen LogP contribution in [-0.4, -0.2) is 15.5 Å². The molecule has 1 aromatic carbocycles. The zero-order valence-corrected chi connectivity index (χ0v) is 11.8. The molecule has 102 valence electrons. The Labute approximate surface area is 120 Å². The number of nitrogen functional groups attached to an aromatic ring is 1. The molecule has 3 rings (SSSR count). The molecule has 0 unspecified atom stereocenters.